The Kier molecular flexibility index (Phi) is 4.89. The van der Waals surface area contributed by atoms with Gasteiger partial charge in [-0.15, -0.1) is 0 Å². The smallest absolute Gasteiger partial charge is 0.231 e. The van der Waals surface area contributed by atoms with E-state index in [0.717, 1.165) is 36.3 Å². The number of carbonyl (C=O) groups excluding carboxylic acids is 1. The lowest BCUT2D eigenvalue weighted by atomic mass is 9.91. The quantitative estimate of drug-likeness (QED) is 0.615. The highest BCUT2D eigenvalue weighted by Gasteiger charge is 2.46. The number of anilines is 1. The third-order valence-corrected chi connectivity index (χ3v) is 6.54. The molecule has 0 unspecified atom stereocenters. The lowest BCUT2D eigenvalue weighted by Gasteiger charge is -2.25. The van der Waals surface area contributed by atoms with Crippen molar-refractivity contribution in [2.75, 3.05) is 4.90 Å². The van der Waals surface area contributed by atoms with Crippen molar-refractivity contribution in [1.29, 1.82) is 0 Å². The zero-order valence-electron chi connectivity index (χ0n) is 17.2. The molecule has 4 nitrogen and oxygen atoms in total. The summed E-state index contributed by atoms with van der Waals surface area (Å²) in [6.07, 6.45) is 9.13. The number of halogens is 1. The third-order valence-electron chi connectivity index (χ3n) is 6.54. The van der Waals surface area contributed by atoms with Gasteiger partial charge in [0.15, 0.2) is 0 Å². The highest BCUT2D eigenvalue weighted by Crippen LogP contribution is 2.49. The normalized spacial score (nSPS) is 19.9. The van der Waals surface area contributed by atoms with E-state index in [0.29, 0.717) is 6.54 Å². The van der Waals surface area contributed by atoms with Crippen LogP contribution in [-0.2, 0) is 31.2 Å². The van der Waals surface area contributed by atoms with Crippen LogP contribution in [0.25, 0.3) is 0 Å². The van der Waals surface area contributed by atoms with Gasteiger partial charge in [0.1, 0.15) is 11.6 Å². The summed E-state index contributed by atoms with van der Waals surface area (Å²) in [5.74, 6) is 0.849. The molecular formula is C25H26FN3O. The summed E-state index contributed by atoms with van der Waals surface area (Å²) in [4.78, 5) is 19.9. The molecular weight excluding hydrogens is 377 g/mol. The number of aryl methyl sites for hydroxylation is 3. The zero-order valence-corrected chi connectivity index (χ0v) is 17.2. The van der Waals surface area contributed by atoms with Crippen molar-refractivity contribution in [2.45, 2.75) is 44.6 Å². The first-order valence-corrected chi connectivity index (χ1v) is 10.7. The second-order valence-corrected chi connectivity index (χ2v) is 8.54. The van der Waals surface area contributed by atoms with Gasteiger partial charge >= 0.3 is 0 Å². The molecule has 1 amide bonds. The first kappa shape index (κ1) is 19.0. The lowest BCUT2D eigenvalue weighted by molar-refractivity contribution is -0.120. The van der Waals surface area contributed by atoms with Gasteiger partial charge in [0.25, 0.3) is 0 Å². The van der Waals surface area contributed by atoms with E-state index in [9.17, 15) is 9.18 Å². The topological polar surface area (TPSA) is 38.1 Å². The Bertz CT molecular complexity index is 1070. The fraction of sp³-hybridized carbons (Fsp3) is 0.360. The number of nitrogens with zero attached hydrogens (tertiary/aromatic N) is 3. The van der Waals surface area contributed by atoms with Crippen molar-refractivity contribution in [3.63, 3.8) is 0 Å². The molecule has 0 saturated heterocycles. The molecule has 2 aromatic carbocycles. The standard InChI is InChI=1S/C25H26FN3O/c1-28-13-12-27-24(28)16-29(21-11-8-17-4-2-3-5-19(17)14-21)25(30)23-15-22(23)18-6-9-20(26)10-7-18/h6-14,22-23H,2-5,15-16H2,1H3/t22-,23+/m1/s1. The van der Waals surface area contributed by atoms with E-state index in [4.69, 9.17) is 0 Å². The largest absolute Gasteiger partial charge is 0.337 e. The number of aromatic nitrogens is 2. The van der Waals surface area contributed by atoms with Gasteiger partial charge in [0.2, 0.25) is 5.91 Å². The summed E-state index contributed by atoms with van der Waals surface area (Å²) in [7, 11) is 1.95. The summed E-state index contributed by atoms with van der Waals surface area (Å²) in [6.45, 7) is 0.452. The molecule has 2 atom stereocenters. The molecule has 5 heteroatoms. The summed E-state index contributed by atoms with van der Waals surface area (Å²) >= 11 is 0. The van der Waals surface area contributed by atoms with E-state index in [-0.39, 0.29) is 23.6 Å². The molecule has 0 radical (unpaired) electrons. The van der Waals surface area contributed by atoms with E-state index in [1.54, 1.807) is 18.3 Å². The molecule has 0 N–H and O–H groups in total. The molecule has 1 saturated carbocycles. The number of hydrogen-bond acceptors (Lipinski definition) is 2. The molecule has 1 heterocycles. The van der Waals surface area contributed by atoms with E-state index in [1.807, 2.05) is 22.7 Å². The van der Waals surface area contributed by atoms with Crippen LogP contribution in [0.2, 0.25) is 0 Å². The zero-order chi connectivity index (χ0) is 20.7. The SMILES string of the molecule is Cn1ccnc1CN(C(=O)[C@H]1C[C@@H]1c1ccc(F)cc1)c1ccc2c(c1)CCCC2. The number of rotatable bonds is 5. The fourth-order valence-electron chi connectivity index (χ4n) is 4.62. The highest BCUT2D eigenvalue weighted by molar-refractivity contribution is 5.97. The van der Waals surface area contributed by atoms with Crippen molar-refractivity contribution in [3.05, 3.63) is 83.2 Å². The minimum atomic E-state index is -0.243. The maximum atomic E-state index is 13.6. The molecule has 2 aliphatic carbocycles. The molecule has 3 aromatic rings. The average Bonchev–Trinajstić information content (AvgIpc) is 3.47. The van der Waals surface area contributed by atoms with Gasteiger partial charge < -0.3 is 9.47 Å². The average molecular weight is 404 g/mol. The van der Waals surface area contributed by atoms with Crippen LogP contribution in [-0.4, -0.2) is 15.5 Å². The van der Waals surface area contributed by atoms with Crippen molar-refractivity contribution in [3.8, 4) is 0 Å². The van der Waals surface area contributed by atoms with Crippen LogP contribution in [0.4, 0.5) is 10.1 Å². The van der Waals surface area contributed by atoms with Crippen LogP contribution in [0.5, 0.6) is 0 Å². The van der Waals surface area contributed by atoms with Gasteiger partial charge in [-0.1, -0.05) is 18.2 Å². The lowest BCUT2D eigenvalue weighted by Crippen LogP contribution is -2.33. The predicted octanol–water partition coefficient (Wildman–Crippen LogP) is 4.77. The molecule has 0 bridgehead atoms. The number of fused-ring (bicyclic) bond motifs is 1. The second-order valence-electron chi connectivity index (χ2n) is 8.54. The molecule has 0 aliphatic heterocycles. The van der Waals surface area contributed by atoms with Crippen LogP contribution in [0.1, 0.15) is 47.7 Å². The van der Waals surface area contributed by atoms with E-state index < -0.39 is 0 Å². The Morgan fingerprint density at radius 1 is 1.13 bits per heavy atom. The molecule has 154 valence electrons. The Morgan fingerprint density at radius 3 is 2.63 bits per heavy atom. The van der Waals surface area contributed by atoms with Crippen LogP contribution in [0.15, 0.2) is 54.9 Å². The van der Waals surface area contributed by atoms with Gasteiger partial charge in [-0.25, -0.2) is 9.37 Å². The van der Waals surface area contributed by atoms with Gasteiger partial charge in [-0.3, -0.25) is 4.79 Å². The van der Waals surface area contributed by atoms with Gasteiger partial charge in [0.05, 0.1) is 6.54 Å². The molecule has 5 rings (SSSR count). The van der Waals surface area contributed by atoms with Crippen molar-refractivity contribution in [1.82, 2.24) is 9.55 Å². The maximum Gasteiger partial charge on any atom is 0.231 e. The number of hydrogen-bond donors (Lipinski definition) is 0. The third kappa shape index (κ3) is 3.64. The Labute approximate surface area is 176 Å². The van der Waals surface area contributed by atoms with E-state index in [2.05, 4.69) is 23.2 Å². The Hall–Kier alpha value is -2.95. The van der Waals surface area contributed by atoms with Crippen LogP contribution >= 0.6 is 0 Å². The molecule has 2 aliphatic rings. The summed E-state index contributed by atoms with van der Waals surface area (Å²) in [5.41, 5.74) is 4.76. The first-order chi connectivity index (χ1) is 14.6. The molecule has 0 spiro atoms. The summed E-state index contributed by atoms with van der Waals surface area (Å²) in [5, 5.41) is 0. The van der Waals surface area contributed by atoms with Crippen LogP contribution in [0, 0.1) is 11.7 Å². The number of amides is 1. The van der Waals surface area contributed by atoms with E-state index >= 15 is 0 Å². The number of benzene rings is 2. The summed E-state index contributed by atoms with van der Waals surface area (Å²) in [6, 6.07) is 13.0. The number of carbonyl (C=O) groups is 1. The fourth-order valence-corrected chi connectivity index (χ4v) is 4.62. The van der Waals surface area contributed by atoms with Crippen LogP contribution in [0.3, 0.4) is 0 Å². The minimum Gasteiger partial charge on any atom is -0.337 e. The number of imidazole rings is 1. The van der Waals surface area contributed by atoms with Crippen molar-refractivity contribution >= 4 is 11.6 Å². The monoisotopic (exact) mass is 403 g/mol. The Morgan fingerprint density at radius 2 is 1.90 bits per heavy atom. The van der Waals surface area contributed by atoms with E-state index in [1.165, 1.54) is 36.1 Å². The highest BCUT2D eigenvalue weighted by atomic mass is 19.1. The van der Waals surface area contributed by atoms with Gasteiger partial charge in [0, 0.05) is 31.0 Å². The van der Waals surface area contributed by atoms with Crippen molar-refractivity contribution < 1.29 is 9.18 Å². The van der Waals surface area contributed by atoms with Gasteiger partial charge in [-0.2, -0.15) is 0 Å². The molecule has 1 aromatic heterocycles. The molecule has 30 heavy (non-hydrogen) atoms. The Balaban J connectivity index is 1.43. The summed E-state index contributed by atoms with van der Waals surface area (Å²) < 4.78 is 15.2. The van der Waals surface area contributed by atoms with Crippen LogP contribution < -0.4 is 4.90 Å². The maximum absolute atomic E-state index is 13.6. The minimum absolute atomic E-state index is 0.0632. The van der Waals surface area contributed by atoms with Crippen molar-refractivity contribution in [2.24, 2.45) is 13.0 Å². The second kappa shape index (κ2) is 7.71. The molecule has 1 fully saturated rings. The predicted molar refractivity (Wildman–Crippen MR) is 115 cm³/mol. The first-order valence-electron chi connectivity index (χ1n) is 10.7. The van der Waals surface area contributed by atoms with Gasteiger partial charge in [-0.05, 0) is 79.0 Å².